The van der Waals surface area contributed by atoms with Crippen LogP contribution in [-0.4, -0.2) is 92.6 Å². The highest BCUT2D eigenvalue weighted by atomic mass is 35.5. The van der Waals surface area contributed by atoms with E-state index in [0.717, 1.165) is 63.7 Å². The lowest BCUT2D eigenvalue weighted by Gasteiger charge is -2.36. The fourth-order valence-corrected chi connectivity index (χ4v) is 6.49. The summed E-state index contributed by atoms with van der Waals surface area (Å²) in [6.07, 6.45) is 0.611. The van der Waals surface area contributed by atoms with Crippen LogP contribution >= 0.6 is 49.0 Å². The molecule has 45 heavy (non-hydrogen) atoms. The zero-order valence-electron chi connectivity index (χ0n) is 26.5. The molecule has 0 amide bonds. The van der Waals surface area contributed by atoms with E-state index in [1.165, 1.54) is 26.7 Å². The second-order valence-corrected chi connectivity index (χ2v) is 12.7. The van der Waals surface area contributed by atoms with Gasteiger partial charge < -0.3 is 29.7 Å². The first-order valence-electron chi connectivity index (χ1n) is 15.3. The van der Waals surface area contributed by atoms with Crippen LogP contribution in [0.3, 0.4) is 0 Å². The number of ether oxygens (including phenoxy) is 2. The average molecular weight is 700 g/mol. The van der Waals surface area contributed by atoms with E-state index in [0.29, 0.717) is 19.2 Å². The van der Waals surface area contributed by atoms with Gasteiger partial charge in [0.2, 0.25) is 0 Å². The van der Waals surface area contributed by atoms with Crippen LogP contribution in [0.5, 0.6) is 11.5 Å². The van der Waals surface area contributed by atoms with Gasteiger partial charge in [-0.3, -0.25) is 4.90 Å². The van der Waals surface area contributed by atoms with Gasteiger partial charge in [-0.25, -0.2) is 0 Å². The molecule has 250 valence electrons. The molecule has 3 aromatic carbocycles. The van der Waals surface area contributed by atoms with Crippen molar-refractivity contribution in [3.8, 4) is 11.5 Å². The maximum atomic E-state index is 10.0. The van der Waals surface area contributed by atoms with Gasteiger partial charge in [0.25, 0.3) is 0 Å². The standard InChI is InChI=1S/C34H46N4O3S.3ClH/c1-26(2)35-24-28(39)25-41-30-12-10-29(11-13-30)40-22-21-37-19-17-36(18-20-37)15-6-16-38-31-7-4-5-8-33(31)42-34-14-9-27(3)23-32(34)38;;;/h4-5,7-14,23,26,28,35,39H,6,15-22,24-25H2,1-3H3;3*1H/t28-;;;/m0.../s1. The van der Waals surface area contributed by atoms with Gasteiger partial charge in [-0.1, -0.05) is 43.8 Å². The topological polar surface area (TPSA) is 60.4 Å². The van der Waals surface area contributed by atoms with Crippen LogP contribution in [0.15, 0.2) is 76.5 Å². The molecule has 2 aliphatic rings. The van der Waals surface area contributed by atoms with Gasteiger partial charge in [-0.05, 0) is 74.0 Å². The molecule has 0 unspecified atom stereocenters. The van der Waals surface area contributed by atoms with Crippen LogP contribution in [0.4, 0.5) is 11.4 Å². The number of nitrogens with zero attached hydrogens (tertiary/aromatic N) is 3. The largest absolute Gasteiger partial charge is 0.492 e. The molecule has 0 bridgehead atoms. The third-order valence-corrected chi connectivity index (χ3v) is 8.94. The van der Waals surface area contributed by atoms with Crippen molar-refractivity contribution in [2.45, 2.75) is 49.1 Å². The maximum absolute atomic E-state index is 10.0. The Morgan fingerprint density at radius 1 is 0.778 bits per heavy atom. The van der Waals surface area contributed by atoms with Crippen molar-refractivity contribution in [2.24, 2.45) is 0 Å². The predicted molar refractivity (Wildman–Crippen MR) is 195 cm³/mol. The first-order chi connectivity index (χ1) is 20.4. The second kappa shape index (κ2) is 19.7. The van der Waals surface area contributed by atoms with E-state index < -0.39 is 6.10 Å². The Kier molecular flexibility index (Phi) is 17.2. The summed E-state index contributed by atoms with van der Waals surface area (Å²) < 4.78 is 11.7. The van der Waals surface area contributed by atoms with Crippen LogP contribution in [-0.2, 0) is 0 Å². The predicted octanol–water partition coefficient (Wildman–Crippen LogP) is 6.69. The lowest BCUT2D eigenvalue weighted by Crippen LogP contribution is -2.47. The first kappa shape index (κ1) is 39.3. The molecule has 2 heterocycles. The number of para-hydroxylation sites is 1. The lowest BCUT2D eigenvalue weighted by atomic mass is 10.1. The van der Waals surface area contributed by atoms with Gasteiger partial charge in [0, 0.05) is 61.6 Å². The Labute approximate surface area is 292 Å². The van der Waals surface area contributed by atoms with Crippen molar-refractivity contribution in [1.82, 2.24) is 15.1 Å². The molecule has 1 fully saturated rings. The summed E-state index contributed by atoms with van der Waals surface area (Å²) in [5.74, 6) is 1.59. The molecule has 0 spiro atoms. The Morgan fingerprint density at radius 2 is 1.40 bits per heavy atom. The molecule has 0 aromatic heterocycles. The van der Waals surface area contributed by atoms with Gasteiger partial charge in [-0.2, -0.15) is 0 Å². The number of hydrogen-bond donors (Lipinski definition) is 2. The molecule has 2 N–H and O–H groups in total. The number of halogens is 3. The fourth-order valence-electron chi connectivity index (χ4n) is 5.42. The maximum Gasteiger partial charge on any atom is 0.119 e. The summed E-state index contributed by atoms with van der Waals surface area (Å²) >= 11 is 1.88. The molecular formula is C34H49Cl3N4O3S. The monoisotopic (exact) mass is 698 g/mol. The third-order valence-electron chi connectivity index (χ3n) is 7.81. The van der Waals surface area contributed by atoms with Gasteiger partial charge >= 0.3 is 0 Å². The second-order valence-electron chi connectivity index (χ2n) is 11.6. The van der Waals surface area contributed by atoms with Crippen molar-refractivity contribution in [1.29, 1.82) is 0 Å². The molecule has 3 aromatic rings. The molecule has 2 aliphatic heterocycles. The van der Waals surface area contributed by atoms with Gasteiger partial charge in [-0.15, -0.1) is 37.2 Å². The number of aryl methyl sites for hydroxylation is 1. The minimum Gasteiger partial charge on any atom is -0.492 e. The molecule has 7 nitrogen and oxygen atoms in total. The molecule has 1 atom stereocenters. The number of aliphatic hydroxyl groups excluding tert-OH is 1. The normalized spacial score (nSPS) is 15.2. The van der Waals surface area contributed by atoms with Crippen molar-refractivity contribution in [3.05, 3.63) is 72.3 Å². The summed E-state index contributed by atoms with van der Waals surface area (Å²) in [5.41, 5.74) is 3.99. The molecule has 0 aliphatic carbocycles. The highest BCUT2D eigenvalue weighted by Crippen LogP contribution is 2.48. The minimum absolute atomic E-state index is 0. The van der Waals surface area contributed by atoms with E-state index >= 15 is 0 Å². The lowest BCUT2D eigenvalue weighted by molar-refractivity contribution is 0.104. The van der Waals surface area contributed by atoms with E-state index in [2.05, 4.69) is 83.3 Å². The van der Waals surface area contributed by atoms with E-state index in [1.807, 2.05) is 36.0 Å². The fraction of sp³-hybridized carbons (Fsp3) is 0.471. The Bertz CT molecular complexity index is 1280. The Hall–Kier alpha value is -1.88. The molecule has 0 saturated carbocycles. The first-order valence-corrected chi connectivity index (χ1v) is 16.1. The number of nitrogens with one attached hydrogen (secondary N) is 1. The molecule has 0 radical (unpaired) electrons. The number of benzene rings is 3. The molecule has 5 rings (SSSR count). The van der Waals surface area contributed by atoms with Crippen LogP contribution in [0.25, 0.3) is 0 Å². The zero-order valence-corrected chi connectivity index (χ0v) is 29.8. The summed E-state index contributed by atoms with van der Waals surface area (Å²) in [4.78, 5) is 10.3. The van der Waals surface area contributed by atoms with Crippen molar-refractivity contribution >= 4 is 60.4 Å². The van der Waals surface area contributed by atoms with E-state index in [-0.39, 0.29) is 43.8 Å². The van der Waals surface area contributed by atoms with Crippen molar-refractivity contribution in [2.75, 3.05) is 70.5 Å². The minimum atomic E-state index is -0.531. The summed E-state index contributed by atoms with van der Waals surface area (Å²) in [6.45, 7) is 15.2. The van der Waals surface area contributed by atoms with E-state index in [1.54, 1.807) is 0 Å². The molecule has 1 saturated heterocycles. The number of anilines is 2. The highest BCUT2D eigenvalue weighted by molar-refractivity contribution is 7.99. The van der Waals surface area contributed by atoms with Gasteiger partial charge in [0.15, 0.2) is 0 Å². The third kappa shape index (κ3) is 11.7. The number of aliphatic hydroxyl groups is 1. The summed E-state index contributed by atoms with van der Waals surface area (Å²) in [7, 11) is 0. The smallest absolute Gasteiger partial charge is 0.119 e. The molecular weight excluding hydrogens is 651 g/mol. The van der Waals surface area contributed by atoms with E-state index in [9.17, 15) is 5.11 Å². The van der Waals surface area contributed by atoms with Crippen LogP contribution in [0.2, 0.25) is 0 Å². The van der Waals surface area contributed by atoms with Crippen molar-refractivity contribution in [3.63, 3.8) is 0 Å². The zero-order chi connectivity index (χ0) is 29.3. The van der Waals surface area contributed by atoms with Gasteiger partial charge in [0.1, 0.15) is 30.8 Å². The molecule has 11 heteroatoms. The van der Waals surface area contributed by atoms with E-state index in [4.69, 9.17) is 9.47 Å². The van der Waals surface area contributed by atoms with Gasteiger partial charge in [0.05, 0.1) is 11.4 Å². The number of hydrogen-bond acceptors (Lipinski definition) is 8. The van der Waals surface area contributed by atoms with Crippen LogP contribution < -0.4 is 19.7 Å². The van der Waals surface area contributed by atoms with Crippen LogP contribution in [0.1, 0.15) is 25.8 Å². The highest BCUT2D eigenvalue weighted by Gasteiger charge is 2.23. The number of piperazine rings is 1. The SMILES string of the molecule is Cc1ccc2c(c1)N(CCCN1CCN(CCOc3ccc(OC[C@@H](O)CNC(C)C)cc3)CC1)c1ccccc1S2.Cl.Cl.Cl. The quantitative estimate of drug-likeness (QED) is 0.193. The number of fused-ring (bicyclic) bond motifs is 2. The van der Waals surface area contributed by atoms with Crippen molar-refractivity contribution < 1.29 is 14.6 Å². The number of rotatable bonds is 14. The van der Waals surface area contributed by atoms with Crippen LogP contribution in [0, 0.1) is 6.92 Å². The summed E-state index contributed by atoms with van der Waals surface area (Å²) in [6, 6.07) is 23.6. The average Bonchev–Trinajstić information content (AvgIpc) is 3.00. The Balaban J connectivity index is 0.00000235. The Morgan fingerprint density at radius 3 is 2.09 bits per heavy atom. The summed E-state index contributed by atoms with van der Waals surface area (Å²) in [5, 5.41) is 13.2.